The molecule has 2 heterocycles. The lowest BCUT2D eigenvalue weighted by Crippen LogP contribution is -2.08. The number of halogens is 1. The number of thiazole rings is 1. The molecule has 3 rings (SSSR count). The Kier molecular flexibility index (Phi) is 6.60. The van der Waals surface area contributed by atoms with Crippen molar-refractivity contribution in [3.05, 3.63) is 58.1 Å². The van der Waals surface area contributed by atoms with Gasteiger partial charge in [0.25, 0.3) is 0 Å². The monoisotopic (exact) mass is 432 g/mol. The van der Waals surface area contributed by atoms with Crippen LogP contribution in [-0.2, 0) is 6.42 Å². The van der Waals surface area contributed by atoms with Crippen LogP contribution in [0.2, 0.25) is 0 Å². The summed E-state index contributed by atoms with van der Waals surface area (Å²) in [5, 5.41) is 6.15. The minimum Gasteiger partial charge on any atom is -0.453 e. The summed E-state index contributed by atoms with van der Waals surface area (Å²) in [6.07, 6.45) is 3.66. The lowest BCUT2D eigenvalue weighted by molar-refractivity contribution is 0.482. The number of aromatic nitrogens is 2. The summed E-state index contributed by atoms with van der Waals surface area (Å²) < 4.78 is 6.83. The van der Waals surface area contributed by atoms with Gasteiger partial charge in [0.05, 0.1) is 5.69 Å². The fraction of sp³-hybridized carbons (Fsp3) is 0.263. The molecule has 0 saturated heterocycles. The molecule has 3 N–H and O–H groups in total. The van der Waals surface area contributed by atoms with Gasteiger partial charge in [0.1, 0.15) is 5.75 Å². The number of ether oxygens (including phenoxy) is 1. The summed E-state index contributed by atoms with van der Waals surface area (Å²) in [4.78, 5) is 9.09. The first-order valence-electron chi connectivity index (χ1n) is 8.44. The Balaban J connectivity index is 1.74. The molecule has 0 aliphatic rings. The van der Waals surface area contributed by atoms with Crippen LogP contribution in [0.25, 0.3) is 0 Å². The zero-order valence-corrected chi connectivity index (χ0v) is 16.9. The molecule has 1 atom stereocenters. The molecule has 0 fully saturated rings. The molecular formula is C19H21BrN4OS. The van der Waals surface area contributed by atoms with E-state index in [-0.39, 0.29) is 0 Å². The Morgan fingerprint density at radius 3 is 2.88 bits per heavy atom. The van der Waals surface area contributed by atoms with Crippen molar-refractivity contribution in [1.82, 2.24) is 9.97 Å². The van der Waals surface area contributed by atoms with E-state index in [1.807, 2.05) is 36.4 Å². The van der Waals surface area contributed by atoms with Crippen molar-refractivity contribution in [2.75, 3.05) is 11.9 Å². The Bertz CT molecular complexity index is 841. The molecular weight excluding hydrogens is 412 g/mol. The van der Waals surface area contributed by atoms with E-state index in [9.17, 15) is 0 Å². The molecule has 0 bridgehead atoms. The highest BCUT2D eigenvalue weighted by molar-refractivity contribution is 9.10. The zero-order valence-electron chi connectivity index (χ0n) is 14.5. The number of nitrogens with two attached hydrogens (primary N) is 1. The molecule has 5 nitrogen and oxygen atoms in total. The number of hydrogen-bond acceptors (Lipinski definition) is 6. The van der Waals surface area contributed by atoms with E-state index < -0.39 is 0 Å². The van der Waals surface area contributed by atoms with Crippen LogP contribution in [0.15, 0.2) is 52.4 Å². The van der Waals surface area contributed by atoms with E-state index in [0.29, 0.717) is 24.0 Å². The molecule has 1 aromatic carbocycles. The summed E-state index contributed by atoms with van der Waals surface area (Å²) in [6, 6.07) is 11.5. The Labute approximate surface area is 165 Å². The second-order valence-electron chi connectivity index (χ2n) is 6.07. The van der Waals surface area contributed by atoms with E-state index in [1.54, 1.807) is 17.5 Å². The van der Waals surface area contributed by atoms with Crippen molar-refractivity contribution in [3.8, 4) is 11.5 Å². The minimum atomic E-state index is 0.526. The van der Waals surface area contributed by atoms with Crippen molar-refractivity contribution in [1.29, 1.82) is 0 Å². The van der Waals surface area contributed by atoms with Gasteiger partial charge in [-0.2, -0.15) is 0 Å². The zero-order chi connectivity index (χ0) is 18.4. The van der Waals surface area contributed by atoms with E-state index in [2.05, 4.69) is 43.5 Å². The van der Waals surface area contributed by atoms with Crippen LogP contribution in [0.4, 0.5) is 10.9 Å². The summed E-state index contributed by atoms with van der Waals surface area (Å²) in [7, 11) is 0. The first-order valence-corrected chi connectivity index (χ1v) is 10.1. The maximum Gasteiger partial charge on any atom is 0.188 e. The van der Waals surface area contributed by atoms with Crippen LogP contribution in [-0.4, -0.2) is 16.5 Å². The van der Waals surface area contributed by atoms with Crippen molar-refractivity contribution >= 4 is 38.2 Å². The molecule has 0 aliphatic carbocycles. The summed E-state index contributed by atoms with van der Waals surface area (Å²) in [5.74, 6) is 2.55. The number of rotatable bonds is 8. The SMILES string of the molecule is CC(CCN)Cc1csc(Nc2ncc(Br)cc2Oc2ccccc2)n1. The normalized spacial score (nSPS) is 12.0. The van der Waals surface area contributed by atoms with Gasteiger partial charge in [0.2, 0.25) is 0 Å². The number of hydrogen-bond donors (Lipinski definition) is 2. The van der Waals surface area contributed by atoms with Crippen LogP contribution < -0.4 is 15.8 Å². The Morgan fingerprint density at radius 1 is 1.31 bits per heavy atom. The Morgan fingerprint density at radius 2 is 2.12 bits per heavy atom. The fourth-order valence-electron chi connectivity index (χ4n) is 2.51. The van der Waals surface area contributed by atoms with Gasteiger partial charge in [-0.1, -0.05) is 25.1 Å². The average molecular weight is 433 g/mol. The second-order valence-corrected chi connectivity index (χ2v) is 7.84. The molecule has 136 valence electrons. The molecule has 1 unspecified atom stereocenters. The third kappa shape index (κ3) is 5.27. The lowest BCUT2D eigenvalue weighted by Gasteiger charge is -2.11. The van der Waals surface area contributed by atoms with Gasteiger partial charge in [0, 0.05) is 22.1 Å². The largest absolute Gasteiger partial charge is 0.453 e. The molecule has 2 aromatic heterocycles. The average Bonchev–Trinajstić information content (AvgIpc) is 3.05. The molecule has 26 heavy (non-hydrogen) atoms. The molecule has 3 aromatic rings. The molecule has 0 saturated carbocycles. The summed E-state index contributed by atoms with van der Waals surface area (Å²) in [6.45, 7) is 2.90. The van der Waals surface area contributed by atoms with Crippen molar-refractivity contribution in [3.63, 3.8) is 0 Å². The van der Waals surface area contributed by atoms with Gasteiger partial charge < -0.3 is 15.8 Å². The first kappa shape index (κ1) is 18.8. The van der Waals surface area contributed by atoms with Crippen LogP contribution in [0.3, 0.4) is 0 Å². The molecule has 7 heteroatoms. The topological polar surface area (TPSA) is 73.1 Å². The maximum absolute atomic E-state index is 5.97. The van der Waals surface area contributed by atoms with Gasteiger partial charge in [-0.05, 0) is 53.4 Å². The van der Waals surface area contributed by atoms with Crippen LogP contribution in [0.1, 0.15) is 19.0 Å². The minimum absolute atomic E-state index is 0.526. The van der Waals surface area contributed by atoms with Crippen molar-refractivity contribution in [2.24, 2.45) is 11.7 Å². The van der Waals surface area contributed by atoms with E-state index in [4.69, 9.17) is 10.5 Å². The fourth-order valence-corrected chi connectivity index (χ4v) is 3.54. The summed E-state index contributed by atoms with van der Waals surface area (Å²) in [5.41, 5.74) is 6.70. The third-order valence-corrected chi connectivity index (χ3v) is 5.02. The third-order valence-electron chi connectivity index (χ3n) is 3.78. The van der Waals surface area contributed by atoms with Gasteiger partial charge in [-0.25, -0.2) is 9.97 Å². The smallest absolute Gasteiger partial charge is 0.188 e. The molecule has 0 amide bonds. The number of pyridine rings is 1. The van der Waals surface area contributed by atoms with Crippen molar-refractivity contribution in [2.45, 2.75) is 19.8 Å². The summed E-state index contributed by atoms with van der Waals surface area (Å²) >= 11 is 5.01. The number of anilines is 2. The predicted molar refractivity (Wildman–Crippen MR) is 110 cm³/mol. The van der Waals surface area contributed by atoms with Gasteiger partial charge in [-0.15, -0.1) is 11.3 Å². The number of nitrogens with one attached hydrogen (secondary N) is 1. The standard InChI is InChI=1S/C19H21BrN4OS/c1-13(7-8-21)9-15-12-26-19(23-15)24-18-17(10-14(20)11-22-18)25-16-5-3-2-4-6-16/h2-6,10-13H,7-9,21H2,1H3,(H,22,23,24). The van der Waals surface area contributed by atoms with E-state index >= 15 is 0 Å². The van der Waals surface area contributed by atoms with Crippen molar-refractivity contribution < 1.29 is 4.74 Å². The number of benzene rings is 1. The Hall–Kier alpha value is -1.96. The predicted octanol–water partition coefficient (Wildman–Crippen LogP) is 5.36. The van der Waals surface area contributed by atoms with Crippen LogP contribution >= 0.6 is 27.3 Å². The quantitative estimate of drug-likeness (QED) is 0.500. The van der Waals surface area contributed by atoms with Crippen LogP contribution in [0, 0.1) is 5.92 Å². The van der Waals surface area contributed by atoms with Crippen LogP contribution in [0.5, 0.6) is 11.5 Å². The maximum atomic E-state index is 5.97. The molecule has 0 radical (unpaired) electrons. The second kappa shape index (κ2) is 9.12. The van der Waals surface area contributed by atoms with E-state index in [1.165, 1.54) is 0 Å². The first-order chi connectivity index (χ1) is 12.6. The highest BCUT2D eigenvalue weighted by Gasteiger charge is 2.12. The number of nitrogens with zero attached hydrogens (tertiary/aromatic N) is 2. The van der Waals surface area contributed by atoms with Gasteiger partial charge in [0.15, 0.2) is 16.7 Å². The number of para-hydroxylation sites is 1. The highest BCUT2D eigenvalue weighted by atomic mass is 79.9. The van der Waals surface area contributed by atoms with Gasteiger partial charge in [-0.3, -0.25) is 0 Å². The highest BCUT2D eigenvalue weighted by Crippen LogP contribution is 2.33. The van der Waals surface area contributed by atoms with E-state index in [0.717, 1.165) is 33.9 Å². The molecule has 0 spiro atoms. The lowest BCUT2D eigenvalue weighted by atomic mass is 10.0. The van der Waals surface area contributed by atoms with Gasteiger partial charge >= 0.3 is 0 Å². The molecule has 0 aliphatic heterocycles.